The summed E-state index contributed by atoms with van der Waals surface area (Å²) >= 11 is 0. The van der Waals surface area contributed by atoms with Crippen molar-refractivity contribution in [3.8, 4) is 17.1 Å². The summed E-state index contributed by atoms with van der Waals surface area (Å²) in [6, 6.07) is 6.21. The van der Waals surface area contributed by atoms with Gasteiger partial charge in [0.05, 0.1) is 30.1 Å². The van der Waals surface area contributed by atoms with Gasteiger partial charge in [0.15, 0.2) is 6.23 Å². The summed E-state index contributed by atoms with van der Waals surface area (Å²) in [7, 11) is -5.50. The van der Waals surface area contributed by atoms with E-state index in [0.29, 0.717) is 31.7 Å². The number of aromatic nitrogens is 5. The summed E-state index contributed by atoms with van der Waals surface area (Å²) in [4.78, 5) is 1.70. The highest BCUT2D eigenvalue weighted by molar-refractivity contribution is 7.86. The summed E-state index contributed by atoms with van der Waals surface area (Å²) < 4.78 is 47.9. The van der Waals surface area contributed by atoms with E-state index in [2.05, 4.69) is 51.1 Å². The molecule has 0 amide bonds. The average molecular weight is 622 g/mol. The van der Waals surface area contributed by atoms with Gasteiger partial charge in [0.2, 0.25) is 8.32 Å². The van der Waals surface area contributed by atoms with Gasteiger partial charge in [-0.3, -0.25) is 4.18 Å². The number of hydrogen-bond donors (Lipinski definition) is 0. The number of hydrogen-bond acceptors (Lipinski definition) is 9. The van der Waals surface area contributed by atoms with Crippen LogP contribution in [-0.4, -0.2) is 73.7 Å². The van der Waals surface area contributed by atoms with Crippen molar-refractivity contribution in [3.63, 3.8) is 0 Å². The van der Waals surface area contributed by atoms with Crippen molar-refractivity contribution in [2.75, 3.05) is 26.1 Å². The van der Waals surface area contributed by atoms with Crippen LogP contribution >= 0.6 is 0 Å². The Kier molecular flexibility index (Phi) is 10.2. The molecule has 0 bridgehead atoms. The minimum Gasteiger partial charge on any atom is -0.543 e. The first kappa shape index (κ1) is 32.6. The van der Waals surface area contributed by atoms with Crippen LogP contribution in [0, 0.1) is 0 Å². The Morgan fingerprint density at radius 3 is 2.52 bits per heavy atom. The van der Waals surface area contributed by atoms with E-state index in [1.165, 1.54) is 0 Å². The lowest BCUT2D eigenvalue weighted by Crippen LogP contribution is -2.43. The fourth-order valence-electron chi connectivity index (χ4n) is 4.62. The number of nitrogens with zero attached hydrogens (tertiary/aromatic N) is 5. The molecule has 0 radical (unpaired) electrons. The zero-order chi connectivity index (χ0) is 30.7. The Hall–Kier alpha value is -2.32. The third-order valence-corrected chi connectivity index (χ3v) is 13.2. The summed E-state index contributed by atoms with van der Waals surface area (Å²) in [5.41, 5.74) is 2.44. The number of fused-ring (bicyclic) bond motifs is 1. The Morgan fingerprint density at radius 1 is 1.12 bits per heavy atom. The van der Waals surface area contributed by atoms with Gasteiger partial charge in [0.25, 0.3) is 10.1 Å². The predicted octanol–water partition coefficient (Wildman–Crippen LogP) is 6.10. The largest absolute Gasteiger partial charge is 0.543 e. The van der Waals surface area contributed by atoms with Crippen LogP contribution in [0.4, 0.5) is 0 Å². The molecule has 42 heavy (non-hydrogen) atoms. The zero-order valence-corrected chi connectivity index (χ0v) is 28.1. The molecule has 3 atom stereocenters. The van der Waals surface area contributed by atoms with Crippen molar-refractivity contribution in [1.29, 1.82) is 0 Å². The van der Waals surface area contributed by atoms with Crippen molar-refractivity contribution in [3.05, 3.63) is 24.4 Å². The lowest BCUT2D eigenvalue weighted by molar-refractivity contribution is -0.0365. The van der Waals surface area contributed by atoms with E-state index in [1.807, 2.05) is 17.7 Å². The van der Waals surface area contributed by atoms with Crippen molar-refractivity contribution in [1.82, 2.24) is 24.8 Å². The van der Waals surface area contributed by atoms with Gasteiger partial charge in [0, 0.05) is 25.2 Å². The standard InChI is InChI=1S/C29H47N5O6SSi/c1-21(14-17-37-18-15-22(2)39-41(6,35)36)34-30-20-25(31-34)28-24-19-23(40-42(7,8)29(3,4)5)12-13-26(24)33(32-28)27-11-9-10-16-38-27/h12-13,19-22,27H,9-11,14-18H2,1-8H3. The van der Waals surface area contributed by atoms with Crippen LogP contribution in [-0.2, 0) is 23.8 Å². The SMILES string of the molecule is CC(CCOCCC(C)n1ncc(-c2nn(C3CCCCO3)c3ccc(O[Si](C)(C)C(C)(C)C)cc23)n1)OS(C)(=O)=O. The molecule has 13 heteroatoms. The first-order valence-electron chi connectivity index (χ1n) is 14.9. The molecule has 1 fully saturated rings. The molecule has 2 aromatic heterocycles. The number of ether oxygens (including phenoxy) is 2. The van der Waals surface area contributed by atoms with E-state index in [4.69, 9.17) is 28.3 Å². The van der Waals surface area contributed by atoms with E-state index >= 15 is 0 Å². The molecule has 0 spiro atoms. The van der Waals surface area contributed by atoms with Crippen molar-refractivity contribution in [2.24, 2.45) is 0 Å². The van der Waals surface area contributed by atoms with E-state index in [-0.39, 0.29) is 17.3 Å². The highest BCUT2D eigenvalue weighted by Gasteiger charge is 2.39. The highest BCUT2D eigenvalue weighted by atomic mass is 32.2. The van der Waals surface area contributed by atoms with Gasteiger partial charge in [-0.15, -0.1) is 0 Å². The number of benzene rings is 1. The topological polar surface area (TPSA) is 120 Å². The van der Waals surface area contributed by atoms with Crippen LogP contribution in [0.25, 0.3) is 22.3 Å². The minimum atomic E-state index is -3.47. The Morgan fingerprint density at radius 2 is 1.86 bits per heavy atom. The van der Waals surface area contributed by atoms with Gasteiger partial charge in [0.1, 0.15) is 17.1 Å². The normalized spacial score (nSPS) is 18.3. The molecule has 1 aliphatic rings. The lowest BCUT2D eigenvalue weighted by Gasteiger charge is -2.36. The summed E-state index contributed by atoms with van der Waals surface area (Å²) in [6.45, 7) is 16.6. The van der Waals surface area contributed by atoms with E-state index in [9.17, 15) is 8.42 Å². The van der Waals surface area contributed by atoms with Crippen LogP contribution in [0.3, 0.4) is 0 Å². The fraction of sp³-hybridized carbons (Fsp3) is 0.690. The van der Waals surface area contributed by atoms with Gasteiger partial charge in [-0.05, 0) is 82.3 Å². The summed E-state index contributed by atoms with van der Waals surface area (Å²) in [5.74, 6) is 0.841. The molecule has 1 aliphatic heterocycles. The second kappa shape index (κ2) is 13.1. The molecular formula is C29H47N5O6SSi. The van der Waals surface area contributed by atoms with Gasteiger partial charge in [-0.25, -0.2) is 4.68 Å². The minimum absolute atomic E-state index is 0.00375. The van der Waals surface area contributed by atoms with Crippen LogP contribution in [0.1, 0.15) is 79.0 Å². The van der Waals surface area contributed by atoms with E-state index in [0.717, 1.165) is 54.5 Å². The Bertz CT molecular complexity index is 1440. The van der Waals surface area contributed by atoms with Crippen LogP contribution in [0.5, 0.6) is 5.75 Å². The second-order valence-corrected chi connectivity index (χ2v) is 19.2. The molecule has 0 N–H and O–H groups in total. The van der Waals surface area contributed by atoms with Crippen molar-refractivity contribution in [2.45, 2.75) is 103 Å². The van der Waals surface area contributed by atoms with Crippen molar-refractivity contribution >= 4 is 29.3 Å². The second-order valence-electron chi connectivity index (χ2n) is 12.9. The molecule has 3 unspecified atom stereocenters. The predicted molar refractivity (Wildman–Crippen MR) is 166 cm³/mol. The molecule has 3 aromatic rings. The quantitative estimate of drug-likeness (QED) is 0.127. The average Bonchev–Trinajstić information content (AvgIpc) is 3.52. The zero-order valence-electron chi connectivity index (χ0n) is 26.3. The van der Waals surface area contributed by atoms with Crippen LogP contribution < -0.4 is 4.43 Å². The molecule has 1 saturated heterocycles. The Labute approximate surface area is 251 Å². The molecule has 3 heterocycles. The van der Waals surface area contributed by atoms with Gasteiger partial charge in [-0.2, -0.15) is 28.5 Å². The maximum Gasteiger partial charge on any atom is 0.264 e. The lowest BCUT2D eigenvalue weighted by atomic mass is 10.1. The maximum atomic E-state index is 11.2. The molecule has 234 valence electrons. The third kappa shape index (κ3) is 8.19. The maximum absolute atomic E-state index is 11.2. The molecule has 4 rings (SSSR count). The molecule has 0 saturated carbocycles. The summed E-state index contributed by atoms with van der Waals surface area (Å²) in [6.07, 6.45) is 6.56. The molecule has 11 nitrogen and oxygen atoms in total. The van der Waals surface area contributed by atoms with Gasteiger partial charge >= 0.3 is 0 Å². The molecular weight excluding hydrogens is 575 g/mol. The van der Waals surface area contributed by atoms with Crippen LogP contribution in [0.2, 0.25) is 18.1 Å². The third-order valence-electron chi connectivity index (χ3n) is 8.12. The highest BCUT2D eigenvalue weighted by Crippen LogP contribution is 2.39. The van der Waals surface area contributed by atoms with Gasteiger partial charge in [-0.1, -0.05) is 20.8 Å². The molecule has 0 aliphatic carbocycles. The Balaban J connectivity index is 1.51. The molecule has 1 aromatic carbocycles. The van der Waals surface area contributed by atoms with Crippen molar-refractivity contribution < 1.29 is 26.5 Å². The van der Waals surface area contributed by atoms with E-state index in [1.54, 1.807) is 17.9 Å². The fourth-order valence-corrected chi connectivity index (χ4v) is 6.34. The first-order valence-corrected chi connectivity index (χ1v) is 19.6. The van der Waals surface area contributed by atoms with Gasteiger partial charge < -0.3 is 13.9 Å². The number of rotatable bonds is 13. The monoisotopic (exact) mass is 621 g/mol. The first-order chi connectivity index (χ1) is 19.6. The van der Waals surface area contributed by atoms with E-state index < -0.39 is 24.5 Å². The van der Waals surface area contributed by atoms with Crippen LogP contribution in [0.15, 0.2) is 24.4 Å². The summed E-state index contributed by atoms with van der Waals surface area (Å²) in [5, 5.41) is 15.4. The smallest absolute Gasteiger partial charge is 0.264 e.